The molecule has 0 bridgehead atoms. The Morgan fingerprint density at radius 1 is 1.30 bits per heavy atom. The lowest BCUT2D eigenvalue weighted by molar-refractivity contribution is 0.162. The third-order valence-electron chi connectivity index (χ3n) is 4.61. The van der Waals surface area contributed by atoms with Gasteiger partial charge in [-0.2, -0.15) is 0 Å². The molecule has 5 nitrogen and oxygen atoms in total. The van der Waals surface area contributed by atoms with Crippen LogP contribution >= 0.6 is 0 Å². The van der Waals surface area contributed by atoms with Crippen molar-refractivity contribution in [2.45, 2.75) is 76.7 Å². The summed E-state index contributed by atoms with van der Waals surface area (Å²) in [6.07, 6.45) is 1.74. The van der Waals surface area contributed by atoms with E-state index in [0.717, 1.165) is 12.8 Å². The third-order valence-corrected chi connectivity index (χ3v) is 9.16. The molecule has 0 saturated heterocycles. The van der Waals surface area contributed by atoms with Crippen molar-refractivity contribution in [2.75, 3.05) is 0 Å². The normalized spacial score (nSPS) is 25.4. The maximum absolute atomic E-state index is 6.27. The lowest BCUT2D eigenvalue weighted by Gasteiger charge is -2.37. The molecule has 0 spiro atoms. The molecular weight excluding hydrogens is 270 g/mol. The van der Waals surface area contributed by atoms with E-state index in [-0.39, 0.29) is 17.2 Å². The molecule has 1 aromatic heterocycles. The van der Waals surface area contributed by atoms with Crippen LogP contribution in [0.1, 0.15) is 64.3 Å². The van der Waals surface area contributed by atoms with E-state index in [0.29, 0.717) is 17.7 Å². The Balaban J connectivity index is 2.01. The van der Waals surface area contributed by atoms with Crippen LogP contribution in [0.25, 0.3) is 0 Å². The van der Waals surface area contributed by atoms with Gasteiger partial charge in [-0.25, -0.2) is 0 Å². The number of nitrogens with two attached hydrogens (primary N) is 1. The lowest BCUT2D eigenvalue weighted by Crippen LogP contribution is -2.41. The average Bonchev–Trinajstić information content (AvgIpc) is 2.71. The molecule has 0 amide bonds. The van der Waals surface area contributed by atoms with Gasteiger partial charge in [0, 0.05) is 12.0 Å². The van der Waals surface area contributed by atoms with Gasteiger partial charge in [-0.3, -0.25) is 0 Å². The van der Waals surface area contributed by atoms with Crippen LogP contribution in [-0.2, 0) is 4.43 Å². The van der Waals surface area contributed by atoms with Crippen molar-refractivity contribution >= 4 is 8.32 Å². The van der Waals surface area contributed by atoms with E-state index in [1.807, 2.05) is 6.92 Å². The summed E-state index contributed by atoms with van der Waals surface area (Å²) >= 11 is 0. The molecule has 1 heterocycles. The number of rotatable bonds is 4. The van der Waals surface area contributed by atoms with Gasteiger partial charge in [-0.1, -0.05) is 20.8 Å². The number of aromatic nitrogens is 2. The molecule has 0 radical (unpaired) electrons. The summed E-state index contributed by atoms with van der Waals surface area (Å²) in [4.78, 5) is 0. The molecule has 1 aliphatic carbocycles. The summed E-state index contributed by atoms with van der Waals surface area (Å²) in [7, 11) is -1.82. The zero-order valence-electron chi connectivity index (χ0n) is 13.4. The summed E-state index contributed by atoms with van der Waals surface area (Å²) in [5, 5.41) is 8.47. The summed E-state index contributed by atoms with van der Waals surface area (Å²) < 4.78 is 12.0. The van der Waals surface area contributed by atoms with Crippen LogP contribution in [0.15, 0.2) is 4.42 Å². The molecular formula is C14H27N3O2Si. The largest absolute Gasteiger partial charge is 0.422 e. The molecule has 0 unspecified atom stereocenters. The topological polar surface area (TPSA) is 74.2 Å². The van der Waals surface area contributed by atoms with E-state index < -0.39 is 8.32 Å². The second-order valence-corrected chi connectivity index (χ2v) is 12.2. The quantitative estimate of drug-likeness (QED) is 0.863. The highest BCUT2D eigenvalue weighted by Crippen LogP contribution is 2.40. The van der Waals surface area contributed by atoms with Crippen LogP contribution < -0.4 is 5.73 Å². The van der Waals surface area contributed by atoms with Crippen molar-refractivity contribution < 1.29 is 8.84 Å². The lowest BCUT2D eigenvalue weighted by atomic mass is 9.81. The van der Waals surface area contributed by atoms with Gasteiger partial charge in [0.1, 0.15) is 6.10 Å². The Hall–Kier alpha value is -0.723. The Bertz CT molecular complexity index is 461. The predicted molar refractivity (Wildman–Crippen MR) is 80.9 cm³/mol. The fraction of sp³-hybridized carbons (Fsp3) is 0.857. The monoisotopic (exact) mass is 297 g/mol. The minimum absolute atomic E-state index is 0.147. The predicted octanol–water partition coefficient (Wildman–Crippen LogP) is 3.36. The highest BCUT2D eigenvalue weighted by molar-refractivity contribution is 6.74. The Morgan fingerprint density at radius 3 is 2.40 bits per heavy atom. The molecule has 1 fully saturated rings. The molecule has 1 aliphatic rings. The number of hydrogen-bond acceptors (Lipinski definition) is 5. The standard InChI is InChI=1S/C14H27N3O2Si/c1-9(19-20(5,6)14(2,3)4)12-16-17-13(18-12)10-7-11(15)8-10/h9-11H,7-8,15H2,1-6H3/t9-,10?,11?/m0/s1. The minimum Gasteiger partial charge on any atom is -0.422 e. The van der Waals surface area contributed by atoms with Crippen molar-refractivity contribution in [3.8, 4) is 0 Å². The number of hydrogen-bond donors (Lipinski definition) is 1. The number of nitrogens with zero attached hydrogens (tertiary/aromatic N) is 2. The van der Waals surface area contributed by atoms with Crippen LogP contribution in [0, 0.1) is 0 Å². The summed E-state index contributed by atoms with van der Waals surface area (Å²) in [5.41, 5.74) is 5.79. The fourth-order valence-corrected chi connectivity index (χ4v) is 3.45. The van der Waals surface area contributed by atoms with Gasteiger partial charge >= 0.3 is 0 Å². The first kappa shape index (κ1) is 15.7. The van der Waals surface area contributed by atoms with Gasteiger partial charge in [0.2, 0.25) is 11.8 Å². The second-order valence-electron chi connectivity index (χ2n) is 7.43. The SMILES string of the molecule is C[C@H](O[Si](C)(C)C(C)(C)C)c1nnc(C2CC(N)C2)o1. The van der Waals surface area contributed by atoms with Crippen LogP contribution in [0.2, 0.25) is 18.1 Å². The molecule has 0 aromatic carbocycles. The average molecular weight is 297 g/mol. The van der Waals surface area contributed by atoms with Crippen molar-refractivity contribution in [1.82, 2.24) is 10.2 Å². The maximum Gasteiger partial charge on any atom is 0.243 e. The molecule has 20 heavy (non-hydrogen) atoms. The van der Waals surface area contributed by atoms with E-state index >= 15 is 0 Å². The highest BCUT2D eigenvalue weighted by Gasteiger charge is 2.40. The molecule has 6 heteroatoms. The van der Waals surface area contributed by atoms with E-state index in [1.165, 1.54) is 0 Å². The van der Waals surface area contributed by atoms with Crippen LogP contribution in [0.5, 0.6) is 0 Å². The smallest absolute Gasteiger partial charge is 0.243 e. The van der Waals surface area contributed by atoms with Gasteiger partial charge in [0.25, 0.3) is 0 Å². The molecule has 1 atom stereocenters. The molecule has 114 valence electrons. The van der Waals surface area contributed by atoms with Crippen LogP contribution in [0.4, 0.5) is 0 Å². The van der Waals surface area contributed by atoms with Crippen molar-refractivity contribution in [1.29, 1.82) is 0 Å². The van der Waals surface area contributed by atoms with Crippen LogP contribution in [-0.4, -0.2) is 24.6 Å². The second kappa shape index (κ2) is 5.24. The van der Waals surface area contributed by atoms with E-state index in [9.17, 15) is 0 Å². The summed E-state index contributed by atoms with van der Waals surface area (Å²) in [6.45, 7) is 13.1. The first-order chi connectivity index (χ1) is 9.10. The van der Waals surface area contributed by atoms with Gasteiger partial charge in [-0.05, 0) is 37.9 Å². The Labute approximate surface area is 122 Å². The summed E-state index contributed by atoms with van der Waals surface area (Å²) in [6, 6.07) is 0.288. The summed E-state index contributed by atoms with van der Waals surface area (Å²) in [5.74, 6) is 1.64. The van der Waals surface area contributed by atoms with E-state index in [1.54, 1.807) is 0 Å². The van der Waals surface area contributed by atoms with Gasteiger partial charge in [0.05, 0.1) is 0 Å². The van der Waals surface area contributed by atoms with Crippen molar-refractivity contribution in [2.24, 2.45) is 5.73 Å². The zero-order chi connectivity index (χ0) is 15.1. The van der Waals surface area contributed by atoms with Crippen molar-refractivity contribution in [3.05, 3.63) is 11.8 Å². The first-order valence-electron chi connectivity index (χ1n) is 7.37. The van der Waals surface area contributed by atoms with Crippen molar-refractivity contribution in [3.63, 3.8) is 0 Å². The van der Waals surface area contributed by atoms with E-state index in [2.05, 4.69) is 44.1 Å². The van der Waals surface area contributed by atoms with Gasteiger partial charge in [0.15, 0.2) is 8.32 Å². The molecule has 1 aromatic rings. The van der Waals surface area contributed by atoms with Gasteiger partial charge in [-0.15, -0.1) is 10.2 Å². The maximum atomic E-state index is 6.27. The Kier molecular flexibility index (Phi) is 4.10. The molecule has 0 aliphatic heterocycles. The highest BCUT2D eigenvalue weighted by atomic mass is 28.4. The zero-order valence-corrected chi connectivity index (χ0v) is 14.4. The Morgan fingerprint density at radius 2 is 1.90 bits per heavy atom. The molecule has 2 rings (SSSR count). The minimum atomic E-state index is -1.82. The third kappa shape index (κ3) is 3.12. The van der Waals surface area contributed by atoms with E-state index in [4.69, 9.17) is 14.6 Å². The van der Waals surface area contributed by atoms with Gasteiger partial charge < -0.3 is 14.6 Å². The fourth-order valence-electron chi connectivity index (χ4n) is 2.11. The first-order valence-corrected chi connectivity index (χ1v) is 10.3. The molecule has 2 N–H and O–H groups in total. The molecule has 1 saturated carbocycles. The van der Waals surface area contributed by atoms with Crippen LogP contribution in [0.3, 0.4) is 0 Å².